The van der Waals surface area contributed by atoms with E-state index in [1.54, 1.807) is 0 Å². The number of carbonyl (C=O) groups excluding carboxylic acids is 1. The van der Waals surface area contributed by atoms with Gasteiger partial charge in [0.2, 0.25) is 6.10 Å². The number of esters is 1. The number of benzene rings is 1. The smallest absolute Gasteiger partial charge is 0.349 e. The van der Waals surface area contributed by atoms with Gasteiger partial charge in [-0.3, -0.25) is 0 Å². The third kappa shape index (κ3) is 3.15. The van der Waals surface area contributed by atoms with Gasteiger partial charge in [0.15, 0.2) is 0 Å². The molecule has 1 N–H and O–H groups in total. The Hall–Kier alpha value is -1.71. The first kappa shape index (κ1) is 12.7. The quantitative estimate of drug-likeness (QED) is 0.833. The highest BCUT2D eigenvalue weighted by Gasteiger charge is 2.26. The lowest BCUT2D eigenvalue weighted by atomic mass is 10.1. The second kappa shape index (κ2) is 5.76. The monoisotopic (exact) mass is 249 g/mol. The van der Waals surface area contributed by atoms with Gasteiger partial charge in [-0.05, 0) is 24.5 Å². The summed E-state index contributed by atoms with van der Waals surface area (Å²) in [6, 6.07) is 7.58. The van der Waals surface area contributed by atoms with E-state index in [0.29, 0.717) is 24.8 Å². The number of ether oxygens (including phenoxy) is 2. The topological polar surface area (TPSA) is 47.6 Å². The zero-order chi connectivity index (χ0) is 13.0. The SMILES string of the molecule is CC(C)CCOC(=O)C1CNc2ccccc2O1. The molecule has 1 aliphatic rings. The first-order chi connectivity index (χ1) is 8.66. The molecule has 0 saturated heterocycles. The highest BCUT2D eigenvalue weighted by molar-refractivity contribution is 5.77. The predicted octanol–water partition coefficient (Wildman–Crippen LogP) is 2.45. The molecule has 1 aliphatic heterocycles. The Labute approximate surface area is 107 Å². The Bertz CT molecular complexity index is 417. The lowest BCUT2D eigenvalue weighted by Gasteiger charge is -2.25. The van der Waals surface area contributed by atoms with Crippen LogP contribution in [0.5, 0.6) is 5.75 Å². The van der Waals surface area contributed by atoms with Crippen molar-refractivity contribution in [1.82, 2.24) is 0 Å². The van der Waals surface area contributed by atoms with Crippen LogP contribution in [-0.2, 0) is 9.53 Å². The molecule has 4 heteroatoms. The van der Waals surface area contributed by atoms with Crippen molar-refractivity contribution in [2.45, 2.75) is 26.4 Å². The molecular formula is C14H19NO3. The highest BCUT2D eigenvalue weighted by Crippen LogP contribution is 2.28. The Morgan fingerprint density at radius 3 is 3.06 bits per heavy atom. The van der Waals surface area contributed by atoms with Gasteiger partial charge < -0.3 is 14.8 Å². The number of hydrogen-bond acceptors (Lipinski definition) is 4. The normalized spacial score (nSPS) is 17.6. The van der Waals surface area contributed by atoms with Crippen molar-refractivity contribution < 1.29 is 14.3 Å². The van der Waals surface area contributed by atoms with Gasteiger partial charge in [-0.1, -0.05) is 26.0 Å². The van der Waals surface area contributed by atoms with E-state index in [1.807, 2.05) is 24.3 Å². The van der Waals surface area contributed by atoms with Crippen molar-refractivity contribution in [3.8, 4) is 5.75 Å². The number of fused-ring (bicyclic) bond motifs is 1. The van der Waals surface area contributed by atoms with Crippen LogP contribution in [0.2, 0.25) is 0 Å². The molecule has 1 aromatic carbocycles. The summed E-state index contributed by atoms with van der Waals surface area (Å²) in [5, 5.41) is 3.17. The minimum Gasteiger partial charge on any atom is -0.475 e. The summed E-state index contributed by atoms with van der Waals surface area (Å²) in [7, 11) is 0. The van der Waals surface area contributed by atoms with Crippen LogP contribution >= 0.6 is 0 Å². The number of para-hydroxylation sites is 2. The lowest BCUT2D eigenvalue weighted by molar-refractivity contribution is -0.151. The van der Waals surface area contributed by atoms with E-state index in [2.05, 4.69) is 19.2 Å². The number of carbonyl (C=O) groups is 1. The third-order valence-corrected chi connectivity index (χ3v) is 2.84. The van der Waals surface area contributed by atoms with Gasteiger partial charge in [-0.25, -0.2) is 4.79 Å². The first-order valence-electron chi connectivity index (χ1n) is 6.33. The van der Waals surface area contributed by atoms with Gasteiger partial charge >= 0.3 is 5.97 Å². The van der Waals surface area contributed by atoms with Gasteiger partial charge in [0.05, 0.1) is 18.8 Å². The maximum atomic E-state index is 11.8. The van der Waals surface area contributed by atoms with E-state index in [0.717, 1.165) is 12.1 Å². The zero-order valence-electron chi connectivity index (χ0n) is 10.8. The number of anilines is 1. The summed E-state index contributed by atoms with van der Waals surface area (Å²) in [5.41, 5.74) is 0.920. The van der Waals surface area contributed by atoms with E-state index in [1.165, 1.54) is 0 Å². The summed E-state index contributed by atoms with van der Waals surface area (Å²) >= 11 is 0. The molecular weight excluding hydrogens is 230 g/mol. The van der Waals surface area contributed by atoms with Crippen molar-refractivity contribution in [3.63, 3.8) is 0 Å². The maximum absolute atomic E-state index is 11.8. The molecule has 0 radical (unpaired) electrons. The van der Waals surface area contributed by atoms with Crippen molar-refractivity contribution in [2.24, 2.45) is 5.92 Å². The van der Waals surface area contributed by atoms with Gasteiger partial charge in [0.25, 0.3) is 0 Å². The van der Waals surface area contributed by atoms with Crippen LogP contribution in [0.3, 0.4) is 0 Å². The molecule has 0 saturated carbocycles. The van der Waals surface area contributed by atoms with Gasteiger partial charge in [0, 0.05) is 0 Å². The zero-order valence-corrected chi connectivity index (χ0v) is 10.8. The van der Waals surface area contributed by atoms with Crippen LogP contribution in [-0.4, -0.2) is 25.2 Å². The van der Waals surface area contributed by atoms with Crippen molar-refractivity contribution in [3.05, 3.63) is 24.3 Å². The van der Waals surface area contributed by atoms with Crippen molar-refractivity contribution in [1.29, 1.82) is 0 Å². The first-order valence-corrected chi connectivity index (χ1v) is 6.33. The van der Waals surface area contributed by atoms with Gasteiger partial charge in [-0.2, -0.15) is 0 Å². The Balaban J connectivity index is 1.87. The van der Waals surface area contributed by atoms with E-state index < -0.39 is 6.10 Å². The molecule has 0 amide bonds. The minimum atomic E-state index is -0.549. The van der Waals surface area contributed by atoms with Crippen LogP contribution in [0.15, 0.2) is 24.3 Å². The van der Waals surface area contributed by atoms with Crippen LogP contribution < -0.4 is 10.1 Å². The maximum Gasteiger partial charge on any atom is 0.349 e. The van der Waals surface area contributed by atoms with Crippen LogP contribution in [0.4, 0.5) is 5.69 Å². The second-order valence-corrected chi connectivity index (χ2v) is 4.83. The average molecular weight is 249 g/mol. The fourth-order valence-electron chi connectivity index (χ4n) is 1.73. The van der Waals surface area contributed by atoms with Crippen LogP contribution in [0.1, 0.15) is 20.3 Å². The van der Waals surface area contributed by atoms with E-state index in [9.17, 15) is 4.79 Å². The minimum absolute atomic E-state index is 0.294. The summed E-state index contributed by atoms with van der Waals surface area (Å²) in [5.74, 6) is 0.941. The molecule has 98 valence electrons. The molecule has 18 heavy (non-hydrogen) atoms. The largest absolute Gasteiger partial charge is 0.475 e. The van der Waals surface area contributed by atoms with Crippen LogP contribution in [0.25, 0.3) is 0 Å². The molecule has 2 rings (SSSR count). The summed E-state index contributed by atoms with van der Waals surface area (Å²) < 4.78 is 10.8. The lowest BCUT2D eigenvalue weighted by Crippen LogP contribution is -2.39. The fraction of sp³-hybridized carbons (Fsp3) is 0.500. The molecule has 1 heterocycles. The Morgan fingerprint density at radius 1 is 1.50 bits per heavy atom. The molecule has 1 atom stereocenters. The Kier molecular flexibility index (Phi) is 4.07. The van der Waals surface area contributed by atoms with Gasteiger partial charge in [0.1, 0.15) is 5.75 Å². The van der Waals surface area contributed by atoms with Crippen molar-refractivity contribution in [2.75, 3.05) is 18.5 Å². The molecule has 4 nitrogen and oxygen atoms in total. The Morgan fingerprint density at radius 2 is 2.28 bits per heavy atom. The summed E-state index contributed by atoms with van der Waals surface area (Å²) in [4.78, 5) is 11.8. The van der Waals surface area contributed by atoms with Crippen LogP contribution in [0, 0.1) is 5.92 Å². The van der Waals surface area contributed by atoms with Gasteiger partial charge in [-0.15, -0.1) is 0 Å². The van der Waals surface area contributed by atoms with E-state index in [-0.39, 0.29) is 5.97 Å². The molecule has 0 aliphatic carbocycles. The second-order valence-electron chi connectivity index (χ2n) is 4.83. The highest BCUT2D eigenvalue weighted by atomic mass is 16.6. The molecule has 0 spiro atoms. The fourth-order valence-corrected chi connectivity index (χ4v) is 1.73. The number of hydrogen-bond donors (Lipinski definition) is 1. The molecule has 0 aromatic heterocycles. The molecule has 1 aromatic rings. The summed E-state index contributed by atoms with van der Waals surface area (Å²) in [6.07, 6.45) is 0.328. The molecule has 0 bridgehead atoms. The standard InChI is InChI=1S/C14H19NO3/c1-10(2)7-8-17-14(16)13-9-15-11-5-3-4-6-12(11)18-13/h3-6,10,13,15H,7-9H2,1-2H3. The molecule has 1 unspecified atom stereocenters. The molecule has 0 fully saturated rings. The van der Waals surface area contributed by atoms with Crippen molar-refractivity contribution >= 4 is 11.7 Å². The number of nitrogens with one attached hydrogen (secondary N) is 1. The predicted molar refractivity (Wildman–Crippen MR) is 69.8 cm³/mol. The average Bonchev–Trinajstić information content (AvgIpc) is 2.37. The third-order valence-electron chi connectivity index (χ3n) is 2.84. The number of rotatable bonds is 4. The summed E-state index contributed by atoms with van der Waals surface area (Å²) in [6.45, 7) is 5.11. The van der Waals surface area contributed by atoms with E-state index >= 15 is 0 Å². The van der Waals surface area contributed by atoms with E-state index in [4.69, 9.17) is 9.47 Å².